The number of anilines is 1. The lowest BCUT2D eigenvalue weighted by Crippen LogP contribution is -2.36. The van der Waals surface area contributed by atoms with E-state index in [4.69, 9.17) is 16.3 Å². The van der Waals surface area contributed by atoms with Crippen molar-refractivity contribution in [3.8, 4) is 5.75 Å². The van der Waals surface area contributed by atoms with Crippen molar-refractivity contribution >= 4 is 23.2 Å². The smallest absolute Gasteiger partial charge is 0.227 e. The second kappa shape index (κ2) is 5.41. The first-order valence-corrected chi connectivity index (χ1v) is 6.33. The average Bonchev–Trinajstić information content (AvgIpc) is 2.36. The van der Waals surface area contributed by atoms with Crippen molar-refractivity contribution in [2.24, 2.45) is 0 Å². The predicted octanol–water partition coefficient (Wildman–Crippen LogP) is 2.60. The van der Waals surface area contributed by atoms with Gasteiger partial charge in [0.15, 0.2) is 0 Å². The molecular weight excluding hydrogens is 238 g/mol. The van der Waals surface area contributed by atoms with Crippen LogP contribution in [0.15, 0.2) is 18.2 Å². The third-order valence-electron chi connectivity index (χ3n) is 3.02. The van der Waals surface area contributed by atoms with Gasteiger partial charge in [-0.1, -0.05) is 6.07 Å². The van der Waals surface area contributed by atoms with E-state index < -0.39 is 0 Å². The summed E-state index contributed by atoms with van der Waals surface area (Å²) in [5.41, 5.74) is 2.11. The van der Waals surface area contributed by atoms with Crippen molar-refractivity contribution < 1.29 is 9.53 Å². The summed E-state index contributed by atoms with van der Waals surface area (Å²) in [5, 5.41) is 0. The van der Waals surface area contributed by atoms with Crippen LogP contribution in [0, 0.1) is 0 Å². The molecule has 0 atom stereocenters. The zero-order chi connectivity index (χ0) is 12.3. The Labute approximate surface area is 106 Å². The van der Waals surface area contributed by atoms with E-state index >= 15 is 0 Å². The summed E-state index contributed by atoms with van der Waals surface area (Å²) in [6.07, 6.45) is 2.12. The van der Waals surface area contributed by atoms with Crippen LogP contribution in [0.3, 0.4) is 0 Å². The Morgan fingerprint density at radius 2 is 2.24 bits per heavy atom. The normalized spacial score (nSPS) is 14.7. The highest BCUT2D eigenvalue weighted by molar-refractivity contribution is 6.17. The number of halogens is 1. The molecule has 0 saturated heterocycles. The van der Waals surface area contributed by atoms with Crippen molar-refractivity contribution in [3.63, 3.8) is 0 Å². The Balaban J connectivity index is 2.34. The highest BCUT2D eigenvalue weighted by Crippen LogP contribution is 2.34. The largest absolute Gasteiger partial charge is 0.496 e. The van der Waals surface area contributed by atoms with Gasteiger partial charge in [0, 0.05) is 24.4 Å². The fourth-order valence-corrected chi connectivity index (χ4v) is 2.33. The number of hydrogen-bond donors (Lipinski definition) is 0. The molecule has 1 aromatic carbocycles. The van der Waals surface area contributed by atoms with Crippen molar-refractivity contribution in [3.05, 3.63) is 23.8 Å². The van der Waals surface area contributed by atoms with Gasteiger partial charge in [-0.25, -0.2) is 0 Å². The third kappa shape index (κ3) is 2.39. The lowest BCUT2D eigenvalue weighted by atomic mass is 10.00. The topological polar surface area (TPSA) is 29.5 Å². The maximum Gasteiger partial charge on any atom is 0.227 e. The van der Waals surface area contributed by atoms with E-state index in [-0.39, 0.29) is 5.91 Å². The molecule has 1 amide bonds. The Hall–Kier alpha value is -1.22. The summed E-state index contributed by atoms with van der Waals surface area (Å²) in [5.74, 6) is 1.62. The maximum absolute atomic E-state index is 11.9. The number of amides is 1. The lowest BCUT2D eigenvalue weighted by Gasteiger charge is -2.30. The number of carbonyl (C=O) groups is 1. The first kappa shape index (κ1) is 12.2. The molecule has 3 nitrogen and oxygen atoms in total. The summed E-state index contributed by atoms with van der Waals surface area (Å²) in [6, 6.07) is 5.83. The zero-order valence-corrected chi connectivity index (χ0v) is 10.7. The van der Waals surface area contributed by atoms with Gasteiger partial charge in [-0.2, -0.15) is 0 Å². The summed E-state index contributed by atoms with van der Waals surface area (Å²) >= 11 is 5.69. The molecular formula is C13H16ClNO2. The summed E-state index contributed by atoms with van der Waals surface area (Å²) in [6.45, 7) is 0.683. The van der Waals surface area contributed by atoms with E-state index in [1.54, 1.807) is 7.11 Å². The number of hydrogen-bond acceptors (Lipinski definition) is 2. The van der Waals surface area contributed by atoms with E-state index in [0.29, 0.717) is 18.8 Å². The van der Waals surface area contributed by atoms with Gasteiger partial charge in [0.2, 0.25) is 5.91 Å². The van der Waals surface area contributed by atoms with Gasteiger partial charge >= 0.3 is 0 Å². The van der Waals surface area contributed by atoms with E-state index in [9.17, 15) is 4.79 Å². The van der Waals surface area contributed by atoms with Crippen LogP contribution in [-0.2, 0) is 11.2 Å². The molecule has 0 saturated carbocycles. The van der Waals surface area contributed by atoms with Crippen molar-refractivity contribution in [2.75, 3.05) is 24.4 Å². The van der Waals surface area contributed by atoms with Crippen molar-refractivity contribution in [1.29, 1.82) is 0 Å². The molecule has 1 aliphatic rings. The van der Waals surface area contributed by atoms with Crippen molar-refractivity contribution in [2.45, 2.75) is 19.3 Å². The first-order chi connectivity index (χ1) is 8.27. The molecule has 4 heteroatoms. The molecule has 0 fully saturated rings. The van der Waals surface area contributed by atoms with Crippen LogP contribution in [0.4, 0.5) is 5.69 Å². The standard InChI is InChI=1S/C13H16ClNO2/c1-17-12-5-2-4-11-10(12)6-7-13(16)15(11)9-3-8-14/h2,4-5H,3,6-9H2,1H3. The Bertz CT molecular complexity index is 420. The number of methoxy groups -OCH3 is 1. The molecule has 0 aromatic heterocycles. The van der Waals surface area contributed by atoms with Crippen LogP contribution in [0.25, 0.3) is 0 Å². The number of rotatable bonds is 4. The molecule has 0 bridgehead atoms. The monoisotopic (exact) mass is 253 g/mol. The third-order valence-corrected chi connectivity index (χ3v) is 3.29. The minimum atomic E-state index is 0.177. The molecule has 0 aliphatic carbocycles. The van der Waals surface area contributed by atoms with Gasteiger partial charge < -0.3 is 9.64 Å². The van der Waals surface area contributed by atoms with Crippen LogP contribution >= 0.6 is 11.6 Å². The van der Waals surface area contributed by atoms with Gasteiger partial charge in [0.1, 0.15) is 5.75 Å². The number of alkyl halides is 1. The number of carbonyl (C=O) groups excluding carboxylic acids is 1. The Kier molecular flexibility index (Phi) is 3.89. The molecule has 0 spiro atoms. The van der Waals surface area contributed by atoms with Crippen molar-refractivity contribution in [1.82, 2.24) is 0 Å². The highest BCUT2D eigenvalue weighted by Gasteiger charge is 2.25. The minimum Gasteiger partial charge on any atom is -0.496 e. The quantitative estimate of drug-likeness (QED) is 0.772. The second-order valence-electron chi connectivity index (χ2n) is 4.05. The van der Waals surface area contributed by atoms with Crippen LogP contribution < -0.4 is 9.64 Å². The van der Waals surface area contributed by atoms with E-state index in [2.05, 4.69) is 0 Å². The highest BCUT2D eigenvalue weighted by atomic mass is 35.5. The van der Waals surface area contributed by atoms with E-state index in [1.165, 1.54) is 0 Å². The van der Waals surface area contributed by atoms with Gasteiger partial charge in [-0.05, 0) is 25.0 Å². The van der Waals surface area contributed by atoms with Gasteiger partial charge in [0.25, 0.3) is 0 Å². The molecule has 0 N–H and O–H groups in total. The molecule has 0 unspecified atom stereocenters. The average molecular weight is 254 g/mol. The van der Waals surface area contributed by atoms with E-state index in [1.807, 2.05) is 23.1 Å². The number of ether oxygens (including phenoxy) is 1. The molecule has 1 aliphatic heterocycles. The molecule has 2 rings (SSSR count). The Morgan fingerprint density at radius 3 is 2.94 bits per heavy atom. The lowest BCUT2D eigenvalue weighted by molar-refractivity contribution is -0.118. The van der Waals surface area contributed by atoms with Crippen LogP contribution in [0.1, 0.15) is 18.4 Å². The Morgan fingerprint density at radius 1 is 1.41 bits per heavy atom. The zero-order valence-electron chi connectivity index (χ0n) is 9.91. The van der Waals surface area contributed by atoms with E-state index in [0.717, 1.165) is 29.8 Å². The van der Waals surface area contributed by atoms with Crippen LogP contribution in [0.2, 0.25) is 0 Å². The van der Waals surface area contributed by atoms with Crippen LogP contribution in [-0.4, -0.2) is 25.4 Å². The molecule has 1 heterocycles. The summed E-state index contributed by atoms with van der Waals surface area (Å²) < 4.78 is 5.34. The molecule has 92 valence electrons. The number of nitrogens with zero attached hydrogens (tertiary/aromatic N) is 1. The second-order valence-corrected chi connectivity index (χ2v) is 4.42. The minimum absolute atomic E-state index is 0.177. The summed E-state index contributed by atoms with van der Waals surface area (Å²) in [4.78, 5) is 13.7. The molecule has 0 radical (unpaired) electrons. The number of fused-ring (bicyclic) bond motifs is 1. The van der Waals surface area contributed by atoms with Gasteiger partial charge in [0.05, 0.1) is 12.8 Å². The first-order valence-electron chi connectivity index (χ1n) is 5.80. The fraction of sp³-hybridized carbons (Fsp3) is 0.462. The number of benzene rings is 1. The summed E-state index contributed by atoms with van der Waals surface area (Å²) in [7, 11) is 1.66. The predicted molar refractivity (Wildman–Crippen MR) is 69.0 cm³/mol. The van der Waals surface area contributed by atoms with Gasteiger partial charge in [-0.3, -0.25) is 4.79 Å². The van der Waals surface area contributed by atoms with Gasteiger partial charge in [-0.15, -0.1) is 11.6 Å². The SMILES string of the molecule is COc1cccc2c1CCC(=O)N2CCCCl. The molecule has 17 heavy (non-hydrogen) atoms. The van der Waals surface area contributed by atoms with Crippen LogP contribution in [0.5, 0.6) is 5.75 Å². The maximum atomic E-state index is 11.9. The molecule has 1 aromatic rings. The fourth-order valence-electron chi connectivity index (χ4n) is 2.21.